The molecule has 0 bridgehead atoms. The molecule has 0 fully saturated rings. The highest BCUT2D eigenvalue weighted by atomic mass is 79.9. The lowest BCUT2D eigenvalue weighted by Gasteiger charge is -2.30. The van der Waals surface area contributed by atoms with Crippen LogP contribution < -0.4 is 0 Å². The molecule has 1 unspecified atom stereocenters. The summed E-state index contributed by atoms with van der Waals surface area (Å²) in [6, 6.07) is 4.77. The first kappa shape index (κ1) is 19.7. The molecule has 1 aliphatic carbocycles. The summed E-state index contributed by atoms with van der Waals surface area (Å²) in [6.07, 6.45) is 3.93. The van der Waals surface area contributed by atoms with Gasteiger partial charge in [-0.25, -0.2) is 8.42 Å². The van der Waals surface area contributed by atoms with Gasteiger partial charge in [-0.3, -0.25) is 4.79 Å². The molecule has 1 aromatic rings. The first-order valence-electron chi connectivity index (χ1n) is 7.36. The topological polar surface area (TPSA) is 51.2 Å². The van der Waals surface area contributed by atoms with Gasteiger partial charge in [0.2, 0.25) is 0 Å². The van der Waals surface area contributed by atoms with Gasteiger partial charge in [0.25, 0.3) is 0 Å². The number of rotatable bonds is 5. The SMILES string of the molecule is CCS(=O)(=O)CC1=CCC(C)(C(=O)c2ccc(Cl)cc2Cl)C(Br)=C1. The Labute approximate surface area is 160 Å². The minimum Gasteiger partial charge on any atom is -0.293 e. The molecule has 0 saturated carbocycles. The van der Waals surface area contributed by atoms with Crippen molar-refractivity contribution in [1.82, 2.24) is 0 Å². The molecule has 0 heterocycles. The minimum atomic E-state index is -3.12. The maximum absolute atomic E-state index is 13.0. The molecular formula is C17H17BrCl2O3S. The number of benzene rings is 1. The van der Waals surface area contributed by atoms with Crippen LogP contribution in [-0.2, 0) is 9.84 Å². The van der Waals surface area contributed by atoms with Crippen molar-refractivity contribution in [2.24, 2.45) is 5.41 Å². The molecule has 0 amide bonds. The maximum atomic E-state index is 13.0. The van der Waals surface area contributed by atoms with Gasteiger partial charge in [-0.2, -0.15) is 0 Å². The van der Waals surface area contributed by atoms with E-state index in [1.165, 1.54) is 6.07 Å². The fourth-order valence-electron chi connectivity index (χ4n) is 2.44. The van der Waals surface area contributed by atoms with Crippen LogP contribution in [0.25, 0.3) is 0 Å². The Morgan fingerprint density at radius 1 is 1.33 bits per heavy atom. The van der Waals surface area contributed by atoms with Gasteiger partial charge in [0, 0.05) is 20.8 Å². The van der Waals surface area contributed by atoms with E-state index in [4.69, 9.17) is 23.2 Å². The molecule has 3 nitrogen and oxygen atoms in total. The van der Waals surface area contributed by atoms with Crippen molar-refractivity contribution in [1.29, 1.82) is 0 Å². The zero-order valence-electron chi connectivity index (χ0n) is 13.3. The van der Waals surface area contributed by atoms with E-state index in [0.29, 0.717) is 32.1 Å². The van der Waals surface area contributed by atoms with Crippen LogP contribution in [0.15, 0.2) is 40.4 Å². The zero-order chi connectivity index (χ0) is 18.1. The molecule has 0 aliphatic heterocycles. The van der Waals surface area contributed by atoms with E-state index >= 15 is 0 Å². The molecule has 1 atom stereocenters. The molecule has 2 rings (SSSR count). The second-order valence-electron chi connectivity index (χ2n) is 5.94. The van der Waals surface area contributed by atoms with Gasteiger partial charge in [0.15, 0.2) is 15.6 Å². The van der Waals surface area contributed by atoms with Gasteiger partial charge in [-0.15, -0.1) is 0 Å². The summed E-state index contributed by atoms with van der Waals surface area (Å²) in [4.78, 5) is 13.0. The van der Waals surface area contributed by atoms with Crippen molar-refractivity contribution in [3.05, 3.63) is 56.0 Å². The van der Waals surface area contributed by atoms with E-state index in [-0.39, 0.29) is 17.3 Å². The highest BCUT2D eigenvalue weighted by Crippen LogP contribution is 2.43. The average Bonchev–Trinajstić information content (AvgIpc) is 2.50. The number of carbonyl (C=O) groups is 1. The third-order valence-corrected chi connectivity index (χ3v) is 7.42. The van der Waals surface area contributed by atoms with Crippen molar-refractivity contribution < 1.29 is 13.2 Å². The van der Waals surface area contributed by atoms with Crippen LogP contribution in [0, 0.1) is 5.41 Å². The largest absolute Gasteiger partial charge is 0.293 e. The lowest BCUT2D eigenvalue weighted by molar-refractivity contribution is 0.0867. The lowest BCUT2D eigenvalue weighted by Crippen LogP contribution is -2.30. The van der Waals surface area contributed by atoms with Gasteiger partial charge >= 0.3 is 0 Å². The predicted molar refractivity (Wildman–Crippen MR) is 103 cm³/mol. The Morgan fingerprint density at radius 3 is 2.54 bits per heavy atom. The molecule has 0 spiro atoms. The maximum Gasteiger partial charge on any atom is 0.175 e. The van der Waals surface area contributed by atoms with Crippen LogP contribution in [0.1, 0.15) is 30.6 Å². The van der Waals surface area contributed by atoms with Crippen LogP contribution in [0.4, 0.5) is 0 Å². The number of sulfone groups is 1. The summed E-state index contributed by atoms with van der Waals surface area (Å²) < 4.78 is 24.2. The summed E-state index contributed by atoms with van der Waals surface area (Å²) in [5.74, 6) is -0.0716. The van der Waals surface area contributed by atoms with Crippen LogP contribution in [0.3, 0.4) is 0 Å². The van der Waals surface area contributed by atoms with Crippen molar-refractivity contribution >= 4 is 54.8 Å². The van der Waals surface area contributed by atoms with Gasteiger partial charge in [0.1, 0.15) is 0 Å². The molecule has 1 aliphatic rings. The summed E-state index contributed by atoms with van der Waals surface area (Å²) in [5, 5.41) is 0.768. The number of hydrogen-bond donors (Lipinski definition) is 0. The van der Waals surface area contributed by atoms with Gasteiger partial charge in [-0.05, 0) is 43.2 Å². The molecule has 24 heavy (non-hydrogen) atoms. The van der Waals surface area contributed by atoms with Gasteiger partial charge in [-0.1, -0.05) is 52.1 Å². The third kappa shape index (κ3) is 4.13. The van der Waals surface area contributed by atoms with Gasteiger partial charge in [0.05, 0.1) is 16.2 Å². The van der Waals surface area contributed by atoms with Crippen LogP contribution in [-0.4, -0.2) is 25.7 Å². The molecule has 130 valence electrons. The minimum absolute atomic E-state index is 0.0232. The Morgan fingerprint density at radius 2 is 2.00 bits per heavy atom. The second-order valence-corrected chi connectivity index (χ2v) is 9.99. The number of Topliss-reactive ketones (excluding diaryl/α,β-unsaturated/α-hetero) is 1. The summed E-state index contributed by atoms with van der Waals surface area (Å²) >= 11 is 15.5. The Hall–Kier alpha value is -0.620. The van der Waals surface area contributed by atoms with Crippen molar-refractivity contribution in [3.8, 4) is 0 Å². The quantitative estimate of drug-likeness (QED) is 0.576. The molecule has 0 aromatic heterocycles. The monoisotopic (exact) mass is 450 g/mol. The van der Waals surface area contributed by atoms with E-state index < -0.39 is 15.3 Å². The normalized spacial score (nSPS) is 21.2. The molecule has 1 aromatic carbocycles. The Bertz CT molecular complexity index is 843. The third-order valence-electron chi connectivity index (χ3n) is 4.12. The number of hydrogen-bond acceptors (Lipinski definition) is 3. The van der Waals surface area contributed by atoms with E-state index in [2.05, 4.69) is 15.9 Å². The highest BCUT2D eigenvalue weighted by Gasteiger charge is 2.38. The summed E-state index contributed by atoms with van der Waals surface area (Å²) in [5.41, 5.74) is 0.264. The number of halogens is 3. The van der Waals surface area contributed by atoms with Crippen LogP contribution in [0.2, 0.25) is 10.0 Å². The molecule has 0 N–H and O–H groups in total. The van der Waals surface area contributed by atoms with E-state index in [1.807, 2.05) is 6.92 Å². The summed E-state index contributed by atoms with van der Waals surface area (Å²) in [7, 11) is -3.12. The predicted octanol–water partition coefficient (Wildman–Crippen LogP) is 5.23. The fourth-order valence-corrected chi connectivity index (χ4v) is 4.49. The van der Waals surface area contributed by atoms with Crippen molar-refractivity contribution in [2.75, 3.05) is 11.5 Å². The molecule has 0 saturated heterocycles. The smallest absolute Gasteiger partial charge is 0.175 e. The standard InChI is InChI=1S/C17H17BrCl2O3S/c1-3-24(22,23)10-11-6-7-17(2,15(18)8-11)16(21)13-5-4-12(19)9-14(13)20/h4-6,8-9H,3,7,10H2,1-2H3. The van der Waals surface area contributed by atoms with E-state index in [1.54, 1.807) is 31.2 Å². The Kier molecular flexibility index (Phi) is 6.01. The van der Waals surface area contributed by atoms with E-state index in [0.717, 1.165) is 0 Å². The highest BCUT2D eigenvalue weighted by molar-refractivity contribution is 9.11. The average molecular weight is 452 g/mol. The lowest BCUT2D eigenvalue weighted by atomic mass is 9.76. The summed E-state index contributed by atoms with van der Waals surface area (Å²) in [6.45, 7) is 3.43. The first-order chi connectivity index (χ1) is 11.1. The number of carbonyl (C=O) groups excluding carboxylic acids is 1. The molecule has 7 heteroatoms. The Balaban J connectivity index is 2.31. The number of ketones is 1. The first-order valence-corrected chi connectivity index (χ1v) is 10.7. The van der Waals surface area contributed by atoms with Crippen LogP contribution >= 0.6 is 39.1 Å². The second kappa shape index (κ2) is 7.32. The fraction of sp³-hybridized carbons (Fsp3) is 0.353. The van der Waals surface area contributed by atoms with Crippen molar-refractivity contribution in [3.63, 3.8) is 0 Å². The van der Waals surface area contributed by atoms with Crippen molar-refractivity contribution in [2.45, 2.75) is 20.3 Å². The number of allylic oxidation sites excluding steroid dienone is 3. The molecular weight excluding hydrogens is 435 g/mol. The zero-order valence-corrected chi connectivity index (χ0v) is 17.2. The van der Waals surface area contributed by atoms with Crippen LogP contribution in [0.5, 0.6) is 0 Å². The van der Waals surface area contributed by atoms with E-state index in [9.17, 15) is 13.2 Å². The van der Waals surface area contributed by atoms with Gasteiger partial charge < -0.3 is 0 Å². The molecule has 0 radical (unpaired) electrons.